The highest BCUT2D eigenvalue weighted by molar-refractivity contribution is 7.16. The van der Waals surface area contributed by atoms with E-state index in [1.165, 1.54) is 11.3 Å². The second-order valence-electron chi connectivity index (χ2n) is 5.72. The smallest absolute Gasteiger partial charge is 0.300 e. The number of ether oxygens (including phenoxy) is 2. The third-order valence-corrected chi connectivity index (χ3v) is 5.08. The number of aryl methyl sites for hydroxylation is 1. The van der Waals surface area contributed by atoms with Gasteiger partial charge >= 0.3 is 0 Å². The topological polar surface area (TPSA) is 70.6 Å². The summed E-state index contributed by atoms with van der Waals surface area (Å²) in [5.41, 5.74) is 1.27. The van der Waals surface area contributed by atoms with E-state index >= 15 is 0 Å². The molecule has 0 bridgehead atoms. The van der Waals surface area contributed by atoms with Crippen LogP contribution in [0.25, 0.3) is 10.2 Å². The fraction of sp³-hybridized carbons (Fsp3) is 0.278. The second kappa shape index (κ2) is 6.80. The van der Waals surface area contributed by atoms with Crippen LogP contribution in [0.15, 0.2) is 42.0 Å². The molecule has 0 fully saturated rings. The Morgan fingerprint density at radius 2 is 2.15 bits per heavy atom. The van der Waals surface area contributed by atoms with Crippen LogP contribution in [-0.2, 0) is 13.1 Å². The maximum absolute atomic E-state index is 12.5. The van der Waals surface area contributed by atoms with Crippen molar-refractivity contribution in [3.05, 3.63) is 47.5 Å². The number of amides is 1. The van der Waals surface area contributed by atoms with E-state index < -0.39 is 0 Å². The van der Waals surface area contributed by atoms with Crippen LogP contribution in [0.2, 0.25) is 0 Å². The fourth-order valence-corrected chi connectivity index (χ4v) is 3.84. The lowest BCUT2D eigenvalue weighted by atomic mass is 10.2. The van der Waals surface area contributed by atoms with Gasteiger partial charge in [0.25, 0.3) is 5.91 Å². The van der Waals surface area contributed by atoms with Crippen molar-refractivity contribution in [2.24, 2.45) is 4.99 Å². The first-order valence-corrected chi connectivity index (χ1v) is 9.17. The summed E-state index contributed by atoms with van der Waals surface area (Å²) in [6.07, 6.45) is 3.55. The number of allylic oxidation sites excluding steroid dienone is 1. The van der Waals surface area contributed by atoms with E-state index in [0.717, 1.165) is 16.0 Å². The number of benzene rings is 1. The lowest BCUT2D eigenvalue weighted by molar-refractivity contribution is 0.0992. The highest BCUT2D eigenvalue weighted by atomic mass is 32.1. The number of hydrogen-bond donors (Lipinski definition) is 0. The minimum atomic E-state index is -0.362. The first kappa shape index (κ1) is 16.6. The Morgan fingerprint density at radius 1 is 1.38 bits per heavy atom. The predicted octanol–water partition coefficient (Wildman–Crippen LogP) is 2.62. The van der Waals surface area contributed by atoms with Gasteiger partial charge in [0, 0.05) is 31.4 Å². The van der Waals surface area contributed by atoms with Crippen molar-refractivity contribution >= 4 is 27.5 Å². The molecule has 0 saturated heterocycles. The molecule has 1 amide bonds. The van der Waals surface area contributed by atoms with Gasteiger partial charge in [-0.25, -0.2) is 0 Å². The molecule has 134 valence electrons. The summed E-state index contributed by atoms with van der Waals surface area (Å²) >= 11 is 1.43. The molecule has 0 spiro atoms. The minimum absolute atomic E-state index is 0.334. The van der Waals surface area contributed by atoms with Crippen LogP contribution < -0.4 is 14.3 Å². The van der Waals surface area contributed by atoms with E-state index in [9.17, 15) is 4.79 Å². The number of carbonyl (C=O) groups excluding carboxylic acids is 1. The van der Waals surface area contributed by atoms with Crippen molar-refractivity contribution < 1.29 is 14.3 Å². The van der Waals surface area contributed by atoms with Gasteiger partial charge in [-0.05, 0) is 13.0 Å². The zero-order chi connectivity index (χ0) is 18.1. The van der Waals surface area contributed by atoms with Crippen molar-refractivity contribution in [1.82, 2.24) is 14.3 Å². The first-order valence-electron chi connectivity index (χ1n) is 8.36. The Morgan fingerprint density at radius 3 is 2.85 bits per heavy atom. The first-order chi connectivity index (χ1) is 12.7. The van der Waals surface area contributed by atoms with Gasteiger partial charge in [0.2, 0.25) is 0 Å². The second-order valence-corrected chi connectivity index (χ2v) is 6.73. The van der Waals surface area contributed by atoms with E-state index in [4.69, 9.17) is 9.47 Å². The zero-order valence-corrected chi connectivity index (χ0v) is 15.2. The quantitative estimate of drug-likeness (QED) is 0.662. The molecular weight excluding hydrogens is 352 g/mol. The summed E-state index contributed by atoms with van der Waals surface area (Å²) in [5, 5.41) is 4.23. The summed E-state index contributed by atoms with van der Waals surface area (Å²) < 4.78 is 15.9. The highest BCUT2D eigenvalue weighted by Crippen LogP contribution is 2.35. The van der Waals surface area contributed by atoms with Crippen molar-refractivity contribution in [2.75, 3.05) is 13.2 Å². The van der Waals surface area contributed by atoms with E-state index in [1.54, 1.807) is 23.0 Å². The number of hydrogen-bond acceptors (Lipinski definition) is 5. The molecule has 26 heavy (non-hydrogen) atoms. The normalized spacial score (nSPS) is 14.0. The highest BCUT2D eigenvalue weighted by Gasteiger charge is 2.17. The Bertz CT molecular complexity index is 1060. The van der Waals surface area contributed by atoms with Gasteiger partial charge in [-0.3, -0.25) is 9.48 Å². The maximum atomic E-state index is 12.5. The molecule has 7 nitrogen and oxygen atoms in total. The van der Waals surface area contributed by atoms with Crippen LogP contribution in [-0.4, -0.2) is 33.5 Å². The molecule has 0 radical (unpaired) electrons. The van der Waals surface area contributed by atoms with Gasteiger partial charge in [0.15, 0.2) is 22.0 Å². The number of nitrogens with zero attached hydrogens (tertiary/aromatic N) is 4. The zero-order valence-electron chi connectivity index (χ0n) is 14.3. The van der Waals surface area contributed by atoms with Crippen molar-refractivity contribution in [3.8, 4) is 11.5 Å². The average Bonchev–Trinajstić information content (AvgIpc) is 3.26. The monoisotopic (exact) mass is 370 g/mol. The summed E-state index contributed by atoms with van der Waals surface area (Å²) in [5.74, 6) is 1.06. The lowest BCUT2D eigenvalue weighted by Gasteiger charge is -2.18. The molecule has 4 rings (SSSR count). The van der Waals surface area contributed by atoms with Gasteiger partial charge in [-0.15, -0.1) is 6.58 Å². The average molecular weight is 370 g/mol. The van der Waals surface area contributed by atoms with E-state index in [-0.39, 0.29) is 5.91 Å². The van der Waals surface area contributed by atoms with E-state index in [2.05, 4.69) is 16.7 Å². The van der Waals surface area contributed by atoms with E-state index in [0.29, 0.717) is 42.5 Å². The Labute approximate surface area is 153 Å². The molecule has 1 aromatic carbocycles. The predicted molar refractivity (Wildman–Crippen MR) is 98.8 cm³/mol. The molecular formula is C18H18N4O3S. The van der Waals surface area contributed by atoms with Crippen LogP contribution >= 0.6 is 11.3 Å². The molecule has 0 atom stereocenters. The number of fused-ring (bicyclic) bond motifs is 2. The minimum Gasteiger partial charge on any atom is -0.486 e. The largest absolute Gasteiger partial charge is 0.486 e. The Kier molecular flexibility index (Phi) is 4.34. The third-order valence-electron chi connectivity index (χ3n) is 4.04. The SMILES string of the molecule is C=CCn1c(=NC(=O)c2ccn(CC)n2)sc2cc3c(cc21)OCCO3. The van der Waals surface area contributed by atoms with Crippen LogP contribution in [0.1, 0.15) is 17.4 Å². The molecule has 0 aliphatic carbocycles. The van der Waals surface area contributed by atoms with Crippen molar-refractivity contribution in [3.63, 3.8) is 0 Å². The van der Waals surface area contributed by atoms with Gasteiger partial charge in [0.1, 0.15) is 13.2 Å². The molecule has 3 heterocycles. The number of thiazole rings is 1. The summed E-state index contributed by atoms with van der Waals surface area (Å²) in [7, 11) is 0. The van der Waals surface area contributed by atoms with Gasteiger partial charge in [-0.2, -0.15) is 10.1 Å². The molecule has 1 aliphatic rings. The number of rotatable bonds is 4. The molecule has 0 unspecified atom stereocenters. The molecule has 0 N–H and O–H groups in total. The maximum Gasteiger partial charge on any atom is 0.300 e. The molecule has 0 saturated carbocycles. The van der Waals surface area contributed by atoms with Gasteiger partial charge < -0.3 is 14.0 Å². The van der Waals surface area contributed by atoms with E-state index in [1.807, 2.05) is 23.6 Å². The summed E-state index contributed by atoms with van der Waals surface area (Å²) in [4.78, 5) is 17.4. The Hall–Kier alpha value is -2.87. The van der Waals surface area contributed by atoms with Crippen LogP contribution in [0.3, 0.4) is 0 Å². The van der Waals surface area contributed by atoms with Crippen molar-refractivity contribution in [1.29, 1.82) is 0 Å². The van der Waals surface area contributed by atoms with Gasteiger partial charge in [-0.1, -0.05) is 17.4 Å². The fourth-order valence-electron chi connectivity index (χ4n) is 2.79. The number of carbonyl (C=O) groups is 1. The van der Waals surface area contributed by atoms with Crippen LogP contribution in [0.5, 0.6) is 11.5 Å². The summed E-state index contributed by atoms with van der Waals surface area (Å²) in [6.45, 7) is 8.08. The molecule has 2 aromatic heterocycles. The number of aromatic nitrogens is 3. The lowest BCUT2D eigenvalue weighted by Crippen LogP contribution is -2.17. The molecule has 3 aromatic rings. The van der Waals surface area contributed by atoms with Crippen LogP contribution in [0, 0.1) is 0 Å². The Balaban J connectivity index is 1.83. The van der Waals surface area contributed by atoms with Gasteiger partial charge in [0.05, 0.1) is 10.2 Å². The standard InChI is InChI=1S/C18H18N4O3S/c1-3-6-22-13-10-14-15(25-9-8-24-14)11-16(13)26-18(22)19-17(23)12-5-7-21(4-2)20-12/h3,5,7,10-11H,1,4,6,8-9H2,2H3. The van der Waals surface area contributed by atoms with Crippen LogP contribution in [0.4, 0.5) is 0 Å². The third kappa shape index (κ3) is 2.92. The van der Waals surface area contributed by atoms with Crippen molar-refractivity contribution in [2.45, 2.75) is 20.0 Å². The molecule has 8 heteroatoms. The summed E-state index contributed by atoms with van der Waals surface area (Å²) in [6, 6.07) is 5.55. The molecule has 1 aliphatic heterocycles.